The molecule has 0 fully saturated rings. The minimum absolute atomic E-state index is 0.0610. The van der Waals surface area contributed by atoms with Gasteiger partial charge in [-0.15, -0.1) is 0 Å². The predicted octanol–water partition coefficient (Wildman–Crippen LogP) is 2.05. The number of fused-ring (bicyclic) bond motifs is 1. The molecule has 1 aromatic carbocycles. The number of methoxy groups -OCH3 is 1. The monoisotopic (exact) mass is 235 g/mol. The van der Waals surface area contributed by atoms with E-state index < -0.39 is 0 Å². The summed E-state index contributed by atoms with van der Waals surface area (Å²) >= 11 is 0. The summed E-state index contributed by atoms with van der Waals surface area (Å²) in [5.41, 5.74) is 1.57. The van der Waals surface area contributed by atoms with Crippen molar-refractivity contribution in [3.8, 4) is 0 Å². The molecule has 6 heteroatoms. The molecule has 0 aliphatic carbocycles. The fourth-order valence-electron chi connectivity index (χ4n) is 1.75. The average Bonchev–Trinajstić information content (AvgIpc) is 2.74. The fraction of sp³-hybridized carbons (Fsp3) is 0.364. The Balaban J connectivity index is 2.49. The first-order valence-electron chi connectivity index (χ1n) is 5.25. The molecule has 6 nitrogen and oxygen atoms in total. The molecule has 0 saturated heterocycles. The second kappa shape index (κ2) is 4.50. The van der Waals surface area contributed by atoms with E-state index in [-0.39, 0.29) is 16.7 Å². The number of nitro groups is 1. The molecule has 0 spiro atoms. The molecule has 2 aromatic rings. The largest absolute Gasteiger partial charge is 0.381 e. The van der Waals surface area contributed by atoms with Gasteiger partial charge in [-0.2, -0.15) is 5.10 Å². The Morgan fingerprint density at radius 2 is 2.35 bits per heavy atom. The first-order valence-corrected chi connectivity index (χ1v) is 5.25. The average molecular weight is 235 g/mol. The molecule has 2 rings (SSSR count). The number of benzene rings is 1. The van der Waals surface area contributed by atoms with Crippen LogP contribution in [0, 0.1) is 10.1 Å². The third kappa shape index (κ3) is 2.26. The number of hydrogen-bond donors (Lipinski definition) is 1. The maximum atomic E-state index is 11.0. The molecule has 0 saturated carbocycles. The van der Waals surface area contributed by atoms with E-state index in [0.29, 0.717) is 12.0 Å². The summed E-state index contributed by atoms with van der Waals surface area (Å²) in [7, 11) is 1.59. The van der Waals surface area contributed by atoms with Gasteiger partial charge in [0.05, 0.1) is 22.7 Å². The number of nitro benzene ring substituents is 1. The van der Waals surface area contributed by atoms with Gasteiger partial charge in [-0.25, -0.2) is 0 Å². The first-order chi connectivity index (χ1) is 8.11. The van der Waals surface area contributed by atoms with Crippen molar-refractivity contribution in [2.75, 3.05) is 7.11 Å². The molecule has 0 aliphatic rings. The fourth-order valence-corrected chi connectivity index (χ4v) is 1.75. The van der Waals surface area contributed by atoms with Crippen LogP contribution in [-0.4, -0.2) is 28.3 Å². The predicted molar refractivity (Wildman–Crippen MR) is 62.9 cm³/mol. The van der Waals surface area contributed by atoms with Crippen LogP contribution in [0.25, 0.3) is 10.9 Å². The van der Waals surface area contributed by atoms with Crippen molar-refractivity contribution in [1.29, 1.82) is 0 Å². The highest BCUT2D eigenvalue weighted by molar-refractivity contribution is 5.82. The van der Waals surface area contributed by atoms with Crippen LogP contribution in [0.4, 0.5) is 5.69 Å². The van der Waals surface area contributed by atoms with Gasteiger partial charge >= 0.3 is 0 Å². The van der Waals surface area contributed by atoms with Crippen molar-refractivity contribution >= 4 is 16.6 Å². The van der Waals surface area contributed by atoms with Gasteiger partial charge in [-0.1, -0.05) is 0 Å². The number of nitrogens with one attached hydrogen (secondary N) is 1. The van der Waals surface area contributed by atoms with Gasteiger partial charge < -0.3 is 4.74 Å². The van der Waals surface area contributed by atoms with E-state index in [2.05, 4.69) is 10.2 Å². The second-order valence-corrected chi connectivity index (χ2v) is 3.95. The Morgan fingerprint density at radius 1 is 1.59 bits per heavy atom. The van der Waals surface area contributed by atoms with Crippen LogP contribution >= 0.6 is 0 Å². The van der Waals surface area contributed by atoms with Crippen LogP contribution in [-0.2, 0) is 11.2 Å². The van der Waals surface area contributed by atoms with Crippen molar-refractivity contribution in [1.82, 2.24) is 10.2 Å². The van der Waals surface area contributed by atoms with E-state index in [1.54, 1.807) is 19.4 Å². The lowest BCUT2D eigenvalue weighted by Gasteiger charge is -2.09. The Hall–Kier alpha value is -1.95. The summed E-state index contributed by atoms with van der Waals surface area (Å²) in [5, 5.41) is 18.4. The summed E-state index contributed by atoms with van der Waals surface area (Å²) in [5.74, 6) is 0. The highest BCUT2D eigenvalue weighted by atomic mass is 16.6. The van der Waals surface area contributed by atoms with Gasteiger partial charge in [-0.05, 0) is 13.0 Å². The number of hydrogen-bond acceptors (Lipinski definition) is 4. The molecule has 1 N–H and O–H groups in total. The normalized spacial score (nSPS) is 12.8. The van der Waals surface area contributed by atoms with Gasteiger partial charge in [0, 0.05) is 30.5 Å². The van der Waals surface area contributed by atoms with E-state index >= 15 is 0 Å². The van der Waals surface area contributed by atoms with E-state index in [9.17, 15) is 10.1 Å². The van der Waals surface area contributed by atoms with E-state index in [1.165, 1.54) is 6.07 Å². The lowest BCUT2D eigenvalue weighted by molar-refractivity contribution is -0.385. The number of nitrogens with zero attached hydrogens (tertiary/aromatic N) is 2. The molecule has 1 aromatic heterocycles. The lowest BCUT2D eigenvalue weighted by atomic mass is 10.0. The summed E-state index contributed by atoms with van der Waals surface area (Å²) in [6, 6.07) is 3.30. The zero-order chi connectivity index (χ0) is 12.4. The maximum Gasteiger partial charge on any atom is 0.273 e. The van der Waals surface area contributed by atoms with Gasteiger partial charge in [-0.3, -0.25) is 15.2 Å². The lowest BCUT2D eigenvalue weighted by Crippen LogP contribution is -2.10. The molecule has 0 radical (unpaired) electrons. The third-order valence-electron chi connectivity index (χ3n) is 2.75. The topological polar surface area (TPSA) is 81.0 Å². The SMILES string of the molecule is COC(C)Cc1cc2[nH]ncc2cc1[N+](=O)[O-]. The number of aromatic amines is 1. The van der Waals surface area contributed by atoms with Crippen LogP contribution in [0.15, 0.2) is 18.3 Å². The van der Waals surface area contributed by atoms with Crippen LogP contribution in [0.5, 0.6) is 0 Å². The summed E-state index contributed by atoms with van der Waals surface area (Å²) in [6.45, 7) is 1.88. The molecule has 17 heavy (non-hydrogen) atoms. The molecule has 90 valence electrons. The van der Waals surface area contributed by atoms with Crippen molar-refractivity contribution < 1.29 is 9.66 Å². The highest BCUT2D eigenvalue weighted by Gasteiger charge is 2.17. The Labute approximate surface area is 97.7 Å². The van der Waals surface area contributed by atoms with Crippen LogP contribution < -0.4 is 0 Å². The van der Waals surface area contributed by atoms with Gasteiger partial charge in [0.1, 0.15) is 0 Å². The van der Waals surface area contributed by atoms with Crippen molar-refractivity contribution in [3.63, 3.8) is 0 Å². The zero-order valence-corrected chi connectivity index (χ0v) is 9.64. The standard InChI is InChI=1S/C11H13N3O3/c1-7(17-2)3-8-4-10-9(6-12-13-10)5-11(8)14(15)16/h4-7H,3H2,1-2H3,(H,12,13). The minimum Gasteiger partial charge on any atom is -0.381 e. The Bertz CT molecular complexity index is 550. The summed E-state index contributed by atoms with van der Waals surface area (Å²) in [4.78, 5) is 10.6. The van der Waals surface area contributed by atoms with E-state index in [0.717, 1.165) is 10.9 Å². The number of H-pyrrole nitrogens is 1. The summed E-state index contributed by atoms with van der Waals surface area (Å²) in [6.07, 6.45) is 2.02. The van der Waals surface area contributed by atoms with Crippen molar-refractivity contribution in [2.24, 2.45) is 0 Å². The molecule has 1 atom stereocenters. The third-order valence-corrected chi connectivity index (χ3v) is 2.75. The van der Waals surface area contributed by atoms with Crippen LogP contribution in [0.2, 0.25) is 0 Å². The number of aromatic nitrogens is 2. The van der Waals surface area contributed by atoms with E-state index in [4.69, 9.17) is 4.74 Å². The molecule has 0 bridgehead atoms. The summed E-state index contributed by atoms with van der Waals surface area (Å²) < 4.78 is 5.13. The molecular weight excluding hydrogens is 222 g/mol. The first kappa shape index (κ1) is 11.5. The smallest absolute Gasteiger partial charge is 0.273 e. The second-order valence-electron chi connectivity index (χ2n) is 3.95. The minimum atomic E-state index is -0.371. The van der Waals surface area contributed by atoms with Gasteiger partial charge in [0.2, 0.25) is 0 Å². The van der Waals surface area contributed by atoms with Crippen LogP contribution in [0.3, 0.4) is 0 Å². The molecule has 0 aliphatic heterocycles. The van der Waals surface area contributed by atoms with Gasteiger partial charge in [0.15, 0.2) is 0 Å². The number of ether oxygens (including phenoxy) is 1. The molecule has 1 heterocycles. The Morgan fingerprint density at radius 3 is 3.00 bits per heavy atom. The van der Waals surface area contributed by atoms with Gasteiger partial charge in [0.25, 0.3) is 5.69 Å². The molecule has 0 amide bonds. The number of rotatable bonds is 4. The quantitative estimate of drug-likeness (QED) is 0.649. The zero-order valence-electron chi connectivity index (χ0n) is 9.64. The Kier molecular flexibility index (Phi) is 3.06. The van der Waals surface area contributed by atoms with Crippen LogP contribution in [0.1, 0.15) is 12.5 Å². The highest BCUT2D eigenvalue weighted by Crippen LogP contribution is 2.26. The molecule has 1 unspecified atom stereocenters. The van der Waals surface area contributed by atoms with Crippen molar-refractivity contribution in [3.05, 3.63) is 34.0 Å². The maximum absolute atomic E-state index is 11.0. The molecular formula is C11H13N3O3. The van der Waals surface area contributed by atoms with E-state index in [1.807, 2.05) is 6.92 Å². The van der Waals surface area contributed by atoms with Crippen molar-refractivity contribution in [2.45, 2.75) is 19.4 Å².